The lowest BCUT2D eigenvalue weighted by molar-refractivity contribution is 0.182. The summed E-state index contributed by atoms with van der Waals surface area (Å²) in [5.74, 6) is 0. The van der Waals surface area contributed by atoms with Gasteiger partial charge in [0, 0.05) is 6.04 Å². The van der Waals surface area contributed by atoms with E-state index in [4.69, 9.17) is 0 Å². The van der Waals surface area contributed by atoms with Gasteiger partial charge >= 0.3 is 0 Å². The molecule has 1 rings (SSSR count). The Hall–Kier alpha value is -0.860. The molecule has 16 heavy (non-hydrogen) atoms. The minimum Gasteiger partial charge on any atom is -0.393 e. The van der Waals surface area contributed by atoms with E-state index in [0.717, 1.165) is 13.0 Å². The van der Waals surface area contributed by atoms with E-state index >= 15 is 0 Å². The van der Waals surface area contributed by atoms with Crippen molar-refractivity contribution in [3.05, 3.63) is 34.9 Å². The minimum absolute atomic E-state index is 0.224. The standard InChI is InChI=1S/C14H23NO/c1-10-6-5-7-14(12(10)3)13(4)15-9-8-11(2)16/h5-7,11,13,15-16H,8-9H2,1-4H3. The van der Waals surface area contributed by atoms with Crippen LogP contribution in [0, 0.1) is 13.8 Å². The van der Waals surface area contributed by atoms with Gasteiger partial charge in [-0.25, -0.2) is 0 Å². The molecule has 0 radical (unpaired) electrons. The highest BCUT2D eigenvalue weighted by atomic mass is 16.3. The average molecular weight is 221 g/mol. The molecule has 0 aliphatic carbocycles. The van der Waals surface area contributed by atoms with Crippen molar-refractivity contribution in [1.29, 1.82) is 0 Å². The maximum atomic E-state index is 9.19. The van der Waals surface area contributed by atoms with Crippen molar-refractivity contribution in [3.63, 3.8) is 0 Å². The van der Waals surface area contributed by atoms with Crippen molar-refractivity contribution >= 4 is 0 Å². The Kier molecular flexibility index (Phi) is 4.97. The lowest BCUT2D eigenvalue weighted by atomic mass is 9.98. The van der Waals surface area contributed by atoms with Crippen LogP contribution in [0.2, 0.25) is 0 Å². The first-order chi connectivity index (χ1) is 7.52. The van der Waals surface area contributed by atoms with Crippen LogP contribution in [0.4, 0.5) is 0 Å². The highest BCUT2D eigenvalue weighted by Gasteiger charge is 2.08. The number of hydrogen-bond acceptors (Lipinski definition) is 2. The molecule has 0 spiro atoms. The molecule has 0 fully saturated rings. The fourth-order valence-corrected chi connectivity index (χ4v) is 1.86. The first-order valence-corrected chi connectivity index (χ1v) is 6.00. The molecule has 0 aliphatic heterocycles. The number of rotatable bonds is 5. The number of benzene rings is 1. The normalized spacial score (nSPS) is 14.8. The van der Waals surface area contributed by atoms with Gasteiger partial charge in [-0.05, 0) is 57.4 Å². The second-order valence-corrected chi connectivity index (χ2v) is 4.60. The molecule has 1 aromatic rings. The van der Waals surface area contributed by atoms with Gasteiger partial charge in [-0.3, -0.25) is 0 Å². The molecule has 0 aromatic heterocycles. The highest BCUT2D eigenvalue weighted by molar-refractivity contribution is 5.34. The van der Waals surface area contributed by atoms with Crippen molar-refractivity contribution in [2.75, 3.05) is 6.54 Å². The van der Waals surface area contributed by atoms with Crippen molar-refractivity contribution in [2.45, 2.75) is 46.3 Å². The third-order valence-electron chi connectivity index (χ3n) is 3.13. The second-order valence-electron chi connectivity index (χ2n) is 4.60. The second kappa shape index (κ2) is 6.02. The number of aliphatic hydroxyl groups excluding tert-OH is 1. The minimum atomic E-state index is -0.224. The summed E-state index contributed by atoms with van der Waals surface area (Å²) in [5, 5.41) is 12.6. The van der Waals surface area contributed by atoms with Crippen LogP contribution in [-0.4, -0.2) is 17.8 Å². The van der Waals surface area contributed by atoms with Gasteiger partial charge in [-0.2, -0.15) is 0 Å². The summed E-state index contributed by atoms with van der Waals surface area (Å²) >= 11 is 0. The summed E-state index contributed by atoms with van der Waals surface area (Å²) in [6, 6.07) is 6.76. The van der Waals surface area contributed by atoms with Crippen molar-refractivity contribution in [1.82, 2.24) is 5.32 Å². The van der Waals surface area contributed by atoms with Crippen molar-refractivity contribution in [2.24, 2.45) is 0 Å². The van der Waals surface area contributed by atoms with Gasteiger partial charge in [0.25, 0.3) is 0 Å². The van der Waals surface area contributed by atoms with Gasteiger partial charge in [-0.15, -0.1) is 0 Å². The molecule has 0 heterocycles. The molecule has 2 N–H and O–H groups in total. The molecule has 90 valence electrons. The fraction of sp³-hybridized carbons (Fsp3) is 0.571. The zero-order valence-corrected chi connectivity index (χ0v) is 10.7. The number of nitrogens with one attached hydrogen (secondary N) is 1. The van der Waals surface area contributed by atoms with E-state index in [9.17, 15) is 5.11 Å². The first kappa shape index (κ1) is 13.2. The monoisotopic (exact) mass is 221 g/mol. The van der Waals surface area contributed by atoms with Crippen LogP contribution in [0.5, 0.6) is 0 Å². The summed E-state index contributed by atoms with van der Waals surface area (Å²) in [4.78, 5) is 0. The van der Waals surface area contributed by atoms with E-state index in [1.807, 2.05) is 6.92 Å². The van der Waals surface area contributed by atoms with Crippen LogP contribution < -0.4 is 5.32 Å². The maximum absolute atomic E-state index is 9.19. The van der Waals surface area contributed by atoms with Gasteiger partial charge in [-0.1, -0.05) is 18.2 Å². The van der Waals surface area contributed by atoms with Crippen LogP contribution >= 0.6 is 0 Å². The fourth-order valence-electron chi connectivity index (χ4n) is 1.86. The average Bonchev–Trinajstić information content (AvgIpc) is 2.21. The Morgan fingerprint density at radius 3 is 2.56 bits per heavy atom. The zero-order valence-electron chi connectivity index (χ0n) is 10.7. The number of hydrogen-bond donors (Lipinski definition) is 2. The topological polar surface area (TPSA) is 32.3 Å². The Balaban J connectivity index is 2.59. The van der Waals surface area contributed by atoms with Crippen LogP contribution in [0.15, 0.2) is 18.2 Å². The molecule has 0 saturated heterocycles. The van der Waals surface area contributed by atoms with E-state index in [1.165, 1.54) is 16.7 Å². The summed E-state index contributed by atoms with van der Waals surface area (Å²) in [7, 11) is 0. The predicted octanol–water partition coefficient (Wildman–Crippen LogP) is 2.72. The largest absolute Gasteiger partial charge is 0.393 e. The molecular weight excluding hydrogens is 198 g/mol. The molecule has 0 saturated carbocycles. The molecule has 0 bridgehead atoms. The molecular formula is C14H23NO. The lowest BCUT2D eigenvalue weighted by Gasteiger charge is -2.18. The highest BCUT2D eigenvalue weighted by Crippen LogP contribution is 2.19. The van der Waals surface area contributed by atoms with Crippen LogP contribution in [0.3, 0.4) is 0 Å². The Labute approximate surface area is 98.7 Å². The summed E-state index contributed by atoms with van der Waals surface area (Å²) in [6.07, 6.45) is 0.577. The zero-order chi connectivity index (χ0) is 12.1. The van der Waals surface area contributed by atoms with Crippen LogP contribution in [0.25, 0.3) is 0 Å². The van der Waals surface area contributed by atoms with Crippen molar-refractivity contribution in [3.8, 4) is 0 Å². The van der Waals surface area contributed by atoms with Crippen molar-refractivity contribution < 1.29 is 5.11 Å². The van der Waals surface area contributed by atoms with Gasteiger partial charge < -0.3 is 10.4 Å². The van der Waals surface area contributed by atoms with E-state index in [0.29, 0.717) is 6.04 Å². The number of aliphatic hydroxyl groups is 1. The molecule has 1 aromatic carbocycles. The van der Waals surface area contributed by atoms with Gasteiger partial charge in [0.15, 0.2) is 0 Å². The molecule has 0 amide bonds. The number of aryl methyl sites for hydroxylation is 1. The molecule has 2 nitrogen and oxygen atoms in total. The van der Waals surface area contributed by atoms with E-state index in [-0.39, 0.29) is 6.10 Å². The quantitative estimate of drug-likeness (QED) is 0.801. The first-order valence-electron chi connectivity index (χ1n) is 6.00. The van der Waals surface area contributed by atoms with Gasteiger partial charge in [0.2, 0.25) is 0 Å². The van der Waals surface area contributed by atoms with Crippen LogP contribution in [-0.2, 0) is 0 Å². The Morgan fingerprint density at radius 2 is 1.94 bits per heavy atom. The van der Waals surface area contributed by atoms with Crippen LogP contribution in [0.1, 0.15) is 43.0 Å². The smallest absolute Gasteiger partial charge is 0.0524 e. The third kappa shape index (κ3) is 3.62. The summed E-state index contributed by atoms with van der Waals surface area (Å²) < 4.78 is 0. The predicted molar refractivity (Wildman–Crippen MR) is 68.6 cm³/mol. The summed E-state index contributed by atoms with van der Waals surface area (Å²) in [6.45, 7) is 9.15. The maximum Gasteiger partial charge on any atom is 0.0524 e. The molecule has 0 aliphatic rings. The Morgan fingerprint density at radius 1 is 1.25 bits per heavy atom. The SMILES string of the molecule is Cc1cccc(C(C)NCCC(C)O)c1C. The summed E-state index contributed by atoms with van der Waals surface area (Å²) in [5.41, 5.74) is 4.05. The van der Waals surface area contributed by atoms with E-state index in [1.54, 1.807) is 0 Å². The third-order valence-corrected chi connectivity index (χ3v) is 3.13. The van der Waals surface area contributed by atoms with E-state index < -0.39 is 0 Å². The molecule has 2 atom stereocenters. The molecule has 2 heteroatoms. The Bertz CT molecular complexity index is 334. The van der Waals surface area contributed by atoms with Gasteiger partial charge in [0.1, 0.15) is 0 Å². The van der Waals surface area contributed by atoms with E-state index in [2.05, 4.69) is 44.3 Å². The molecule has 2 unspecified atom stereocenters. The van der Waals surface area contributed by atoms with Gasteiger partial charge in [0.05, 0.1) is 6.10 Å². The lowest BCUT2D eigenvalue weighted by Crippen LogP contribution is -2.23.